The van der Waals surface area contributed by atoms with Crippen molar-refractivity contribution in [3.63, 3.8) is 0 Å². The van der Waals surface area contributed by atoms with E-state index < -0.39 is 0 Å². The van der Waals surface area contributed by atoms with Crippen LogP contribution in [0.25, 0.3) is 0 Å². The summed E-state index contributed by atoms with van der Waals surface area (Å²) < 4.78 is 1.17. The Labute approximate surface area is 126 Å². The molecule has 0 radical (unpaired) electrons. The van der Waals surface area contributed by atoms with Crippen LogP contribution in [0.4, 0.5) is 5.69 Å². The van der Waals surface area contributed by atoms with Crippen molar-refractivity contribution in [3.05, 3.63) is 28.2 Å². The van der Waals surface area contributed by atoms with E-state index in [-0.39, 0.29) is 0 Å². The molecule has 0 saturated heterocycles. The highest BCUT2D eigenvalue weighted by Gasteiger charge is 2.15. The lowest BCUT2D eigenvalue weighted by Crippen LogP contribution is -2.33. The maximum Gasteiger partial charge on any atom is 0.0510 e. The molecule has 1 N–H and O–H groups in total. The monoisotopic (exact) mass is 326 g/mol. The van der Waals surface area contributed by atoms with Gasteiger partial charge in [0, 0.05) is 30.1 Å². The van der Waals surface area contributed by atoms with Crippen LogP contribution in [0, 0.1) is 5.92 Å². The summed E-state index contributed by atoms with van der Waals surface area (Å²) in [6.45, 7) is 12.0. The Hall–Kier alpha value is -0.540. The van der Waals surface area contributed by atoms with Crippen molar-refractivity contribution in [3.8, 4) is 0 Å². The van der Waals surface area contributed by atoms with Crippen LogP contribution in [0.5, 0.6) is 0 Å². The van der Waals surface area contributed by atoms with Gasteiger partial charge in [-0.1, -0.05) is 33.8 Å². The molecule has 0 saturated carbocycles. The number of hydrogen-bond donors (Lipinski definition) is 1. The summed E-state index contributed by atoms with van der Waals surface area (Å²) in [7, 11) is 2.16. The van der Waals surface area contributed by atoms with Crippen LogP contribution in [0.3, 0.4) is 0 Å². The Morgan fingerprint density at radius 3 is 2.26 bits per heavy atom. The highest BCUT2D eigenvalue weighted by atomic mass is 79.9. The van der Waals surface area contributed by atoms with E-state index in [2.05, 4.69) is 86.0 Å². The van der Waals surface area contributed by atoms with Crippen LogP contribution < -0.4 is 10.2 Å². The second-order valence-electron chi connectivity index (χ2n) is 5.92. The molecule has 1 unspecified atom stereocenters. The maximum atomic E-state index is 3.70. The zero-order chi connectivity index (χ0) is 14.6. The topological polar surface area (TPSA) is 15.3 Å². The Morgan fingerprint density at radius 2 is 1.79 bits per heavy atom. The highest BCUT2D eigenvalue weighted by Crippen LogP contribution is 2.29. The lowest BCUT2D eigenvalue weighted by atomic mass is 10.0. The fourth-order valence-corrected chi connectivity index (χ4v) is 2.64. The Bertz CT molecular complexity index is 402. The van der Waals surface area contributed by atoms with Crippen molar-refractivity contribution in [1.29, 1.82) is 0 Å². The predicted octanol–water partition coefficient (Wildman–Crippen LogP) is 4.43. The van der Waals surface area contributed by atoms with Crippen LogP contribution in [0.2, 0.25) is 0 Å². The molecule has 1 rings (SSSR count). The van der Waals surface area contributed by atoms with Gasteiger partial charge in [0.15, 0.2) is 0 Å². The van der Waals surface area contributed by atoms with Gasteiger partial charge in [0.25, 0.3) is 0 Å². The first kappa shape index (κ1) is 16.5. The summed E-state index contributed by atoms with van der Waals surface area (Å²) in [6, 6.07) is 7.67. The summed E-state index contributed by atoms with van der Waals surface area (Å²) in [5.41, 5.74) is 2.57. The number of anilines is 1. The molecule has 0 aliphatic carbocycles. The average Bonchev–Trinajstić information content (AvgIpc) is 2.34. The van der Waals surface area contributed by atoms with Crippen molar-refractivity contribution in [2.45, 2.75) is 53.2 Å². The van der Waals surface area contributed by atoms with Crippen LogP contribution >= 0.6 is 15.9 Å². The van der Waals surface area contributed by atoms with E-state index in [9.17, 15) is 0 Å². The number of hydrogen-bond acceptors (Lipinski definition) is 2. The number of nitrogens with one attached hydrogen (secondary N) is 1. The van der Waals surface area contributed by atoms with Gasteiger partial charge in [-0.05, 0) is 46.5 Å². The van der Waals surface area contributed by atoms with E-state index in [1.165, 1.54) is 15.7 Å². The molecule has 1 aromatic carbocycles. The molecule has 19 heavy (non-hydrogen) atoms. The third kappa shape index (κ3) is 4.81. The van der Waals surface area contributed by atoms with Crippen LogP contribution in [-0.2, 0) is 6.54 Å². The number of nitrogens with zero attached hydrogens (tertiary/aromatic N) is 1. The van der Waals surface area contributed by atoms with Gasteiger partial charge in [-0.25, -0.2) is 0 Å². The van der Waals surface area contributed by atoms with Crippen LogP contribution in [0.1, 0.15) is 40.2 Å². The Kier molecular flexibility index (Phi) is 6.34. The predicted molar refractivity (Wildman–Crippen MR) is 88.8 cm³/mol. The van der Waals surface area contributed by atoms with Gasteiger partial charge in [-0.15, -0.1) is 0 Å². The SMILES string of the molecule is CC(C)NCc1ccc(N(C)C(C)C(C)C)c(Br)c1. The smallest absolute Gasteiger partial charge is 0.0510 e. The van der Waals surface area contributed by atoms with Gasteiger partial charge in [0.2, 0.25) is 0 Å². The van der Waals surface area contributed by atoms with Gasteiger partial charge in [0.05, 0.1) is 5.69 Å². The number of halogens is 1. The van der Waals surface area contributed by atoms with Gasteiger partial charge in [0.1, 0.15) is 0 Å². The normalized spacial score (nSPS) is 13.1. The first-order chi connectivity index (χ1) is 8.82. The van der Waals surface area contributed by atoms with Crippen molar-refractivity contribution in [2.75, 3.05) is 11.9 Å². The van der Waals surface area contributed by atoms with E-state index in [1.54, 1.807) is 0 Å². The Balaban J connectivity index is 2.82. The minimum Gasteiger partial charge on any atom is -0.371 e. The van der Waals surface area contributed by atoms with Crippen molar-refractivity contribution >= 4 is 21.6 Å². The van der Waals surface area contributed by atoms with Gasteiger partial charge < -0.3 is 10.2 Å². The molecule has 0 aromatic heterocycles. The maximum absolute atomic E-state index is 3.70. The second kappa shape index (κ2) is 7.30. The molecule has 0 fully saturated rings. The molecule has 0 heterocycles. The van der Waals surface area contributed by atoms with Gasteiger partial charge in [-0.3, -0.25) is 0 Å². The standard InChI is InChI=1S/C16H27BrN2/c1-11(2)13(5)19(6)16-8-7-14(9-15(16)17)10-18-12(3)4/h7-9,11-13,18H,10H2,1-6H3. The zero-order valence-electron chi connectivity index (χ0n) is 13.0. The van der Waals surface area contributed by atoms with Crippen LogP contribution in [-0.4, -0.2) is 19.1 Å². The fourth-order valence-electron chi connectivity index (χ4n) is 1.93. The van der Waals surface area contributed by atoms with E-state index in [0.717, 1.165) is 6.54 Å². The minimum atomic E-state index is 0.516. The third-order valence-corrected chi connectivity index (χ3v) is 4.32. The summed E-state index contributed by atoms with van der Waals surface area (Å²) in [5.74, 6) is 0.638. The van der Waals surface area contributed by atoms with E-state index in [1.807, 2.05) is 0 Å². The van der Waals surface area contributed by atoms with Gasteiger partial charge >= 0.3 is 0 Å². The lowest BCUT2D eigenvalue weighted by Gasteiger charge is -2.31. The second-order valence-corrected chi connectivity index (χ2v) is 6.77. The number of benzene rings is 1. The molecule has 2 nitrogen and oxygen atoms in total. The average molecular weight is 327 g/mol. The molecule has 0 spiro atoms. The van der Waals surface area contributed by atoms with Crippen molar-refractivity contribution in [1.82, 2.24) is 5.32 Å². The molecule has 0 aliphatic rings. The largest absolute Gasteiger partial charge is 0.371 e. The molecule has 1 atom stereocenters. The van der Waals surface area contributed by atoms with Gasteiger partial charge in [-0.2, -0.15) is 0 Å². The third-order valence-electron chi connectivity index (χ3n) is 3.68. The lowest BCUT2D eigenvalue weighted by molar-refractivity contribution is 0.505. The highest BCUT2D eigenvalue weighted by molar-refractivity contribution is 9.10. The molecular formula is C16H27BrN2. The van der Waals surface area contributed by atoms with E-state index in [4.69, 9.17) is 0 Å². The molecule has 108 valence electrons. The molecule has 0 aliphatic heterocycles. The first-order valence-corrected chi connectivity index (χ1v) is 7.86. The van der Waals surface area contributed by atoms with Crippen LogP contribution in [0.15, 0.2) is 22.7 Å². The summed E-state index contributed by atoms with van der Waals surface area (Å²) in [6.07, 6.45) is 0. The summed E-state index contributed by atoms with van der Waals surface area (Å²) in [5, 5.41) is 3.44. The molecule has 0 bridgehead atoms. The minimum absolute atomic E-state index is 0.516. The fraction of sp³-hybridized carbons (Fsp3) is 0.625. The first-order valence-electron chi connectivity index (χ1n) is 7.07. The molecule has 1 aromatic rings. The van der Waals surface area contributed by atoms with E-state index in [0.29, 0.717) is 18.0 Å². The number of rotatable bonds is 6. The molecular weight excluding hydrogens is 300 g/mol. The molecule has 0 amide bonds. The van der Waals surface area contributed by atoms with E-state index >= 15 is 0 Å². The van der Waals surface area contributed by atoms with Crippen molar-refractivity contribution in [2.24, 2.45) is 5.92 Å². The van der Waals surface area contributed by atoms with Crippen molar-refractivity contribution < 1.29 is 0 Å². The zero-order valence-corrected chi connectivity index (χ0v) is 14.6. The quantitative estimate of drug-likeness (QED) is 0.832. The summed E-state index contributed by atoms with van der Waals surface area (Å²) >= 11 is 3.70. The summed E-state index contributed by atoms with van der Waals surface area (Å²) in [4.78, 5) is 2.34. The Morgan fingerprint density at radius 1 is 1.16 bits per heavy atom. The molecule has 3 heteroatoms.